The number of aliphatic hydroxyl groups excluding tert-OH is 1. The molecule has 6 heteroatoms. The van der Waals surface area contributed by atoms with Crippen molar-refractivity contribution in [3.63, 3.8) is 0 Å². The Balaban J connectivity index is 2.41. The third-order valence-electron chi connectivity index (χ3n) is 4.37. The zero-order valence-corrected chi connectivity index (χ0v) is 18.3. The van der Waals surface area contributed by atoms with Crippen LogP contribution in [0.25, 0.3) is 0 Å². The van der Waals surface area contributed by atoms with E-state index in [1.54, 1.807) is 7.11 Å². The molecule has 1 atom stereocenters. The van der Waals surface area contributed by atoms with Crippen LogP contribution < -0.4 is 10.6 Å². The van der Waals surface area contributed by atoms with Crippen LogP contribution in [0.3, 0.4) is 0 Å². The largest absolute Gasteiger partial charge is 0.386 e. The minimum Gasteiger partial charge on any atom is -0.386 e. The zero-order valence-electron chi connectivity index (χ0n) is 18.3. The summed E-state index contributed by atoms with van der Waals surface area (Å²) in [5, 5.41) is 17.0. The highest BCUT2D eigenvalue weighted by atomic mass is 16.5. The van der Waals surface area contributed by atoms with Gasteiger partial charge in [-0.15, -0.1) is 0 Å². The fourth-order valence-electron chi connectivity index (χ4n) is 2.61. The van der Waals surface area contributed by atoms with Crippen molar-refractivity contribution in [2.45, 2.75) is 52.1 Å². The number of unbranched alkanes of at least 4 members (excludes halogenated alkanes) is 1. The molecule has 0 saturated heterocycles. The van der Waals surface area contributed by atoms with Crippen molar-refractivity contribution in [2.75, 3.05) is 46.6 Å². The maximum absolute atomic E-state index is 10.5. The zero-order chi connectivity index (χ0) is 20.8. The number of hydrogen-bond acceptors (Lipinski definition) is 4. The molecule has 0 aromatic heterocycles. The van der Waals surface area contributed by atoms with Crippen molar-refractivity contribution in [3.05, 3.63) is 35.4 Å². The van der Waals surface area contributed by atoms with E-state index in [9.17, 15) is 5.11 Å². The van der Waals surface area contributed by atoms with Gasteiger partial charge in [-0.25, -0.2) is 0 Å². The summed E-state index contributed by atoms with van der Waals surface area (Å²) in [5.41, 5.74) is 2.26. The molecule has 0 amide bonds. The van der Waals surface area contributed by atoms with Crippen LogP contribution in [-0.2, 0) is 14.9 Å². The minimum absolute atomic E-state index is 0.110. The number of methoxy groups -OCH3 is 1. The van der Waals surface area contributed by atoms with Crippen LogP contribution in [0, 0.1) is 0 Å². The number of guanidine groups is 1. The minimum atomic E-state index is -0.612. The molecule has 0 aliphatic heterocycles. The molecular formula is C22H39N3O3. The predicted molar refractivity (Wildman–Crippen MR) is 116 cm³/mol. The highest BCUT2D eigenvalue weighted by molar-refractivity contribution is 5.79. The highest BCUT2D eigenvalue weighted by Gasteiger charge is 2.14. The van der Waals surface area contributed by atoms with Gasteiger partial charge in [0.25, 0.3) is 0 Å². The quantitative estimate of drug-likeness (QED) is 0.289. The summed E-state index contributed by atoms with van der Waals surface area (Å²) in [4.78, 5) is 4.52. The van der Waals surface area contributed by atoms with Gasteiger partial charge in [0.05, 0.1) is 25.9 Å². The summed E-state index contributed by atoms with van der Waals surface area (Å²) < 4.78 is 10.4. The van der Waals surface area contributed by atoms with E-state index in [1.807, 2.05) is 19.1 Å². The molecule has 0 spiro atoms. The van der Waals surface area contributed by atoms with Gasteiger partial charge in [0, 0.05) is 26.8 Å². The lowest BCUT2D eigenvalue weighted by molar-refractivity contribution is 0.0689. The van der Waals surface area contributed by atoms with E-state index >= 15 is 0 Å². The van der Waals surface area contributed by atoms with Gasteiger partial charge in [0.1, 0.15) is 0 Å². The third-order valence-corrected chi connectivity index (χ3v) is 4.37. The van der Waals surface area contributed by atoms with Crippen LogP contribution in [0.4, 0.5) is 0 Å². The standard InChI is InChI=1S/C22H39N3O3/c1-6-23-21(24-13-7-8-14-28-16-15-27-5)25-17-20(26)18-9-11-19(12-10-18)22(2,3)4/h9-12,20,26H,6-8,13-17H2,1-5H3,(H2,23,24,25). The molecule has 0 aliphatic rings. The first-order chi connectivity index (χ1) is 13.4. The lowest BCUT2D eigenvalue weighted by Crippen LogP contribution is -2.38. The van der Waals surface area contributed by atoms with Crippen molar-refractivity contribution in [2.24, 2.45) is 4.99 Å². The van der Waals surface area contributed by atoms with Crippen molar-refractivity contribution < 1.29 is 14.6 Å². The Morgan fingerprint density at radius 3 is 2.39 bits per heavy atom. The van der Waals surface area contributed by atoms with Gasteiger partial charge in [0.15, 0.2) is 5.96 Å². The smallest absolute Gasteiger partial charge is 0.191 e. The van der Waals surface area contributed by atoms with E-state index in [4.69, 9.17) is 9.47 Å². The molecule has 3 N–H and O–H groups in total. The number of aliphatic hydroxyl groups is 1. The maximum Gasteiger partial charge on any atom is 0.191 e. The second-order valence-corrected chi connectivity index (χ2v) is 7.85. The molecule has 6 nitrogen and oxygen atoms in total. The molecule has 0 saturated carbocycles. The number of benzene rings is 1. The van der Waals surface area contributed by atoms with E-state index in [0.29, 0.717) is 19.8 Å². The molecular weight excluding hydrogens is 354 g/mol. The molecule has 1 aromatic rings. The molecule has 0 aliphatic carbocycles. The van der Waals surface area contributed by atoms with Crippen molar-refractivity contribution in [1.82, 2.24) is 10.6 Å². The normalized spacial score (nSPS) is 13.4. The Morgan fingerprint density at radius 1 is 1.07 bits per heavy atom. The highest BCUT2D eigenvalue weighted by Crippen LogP contribution is 2.24. The molecule has 160 valence electrons. The summed E-state index contributed by atoms with van der Waals surface area (Å²) in [6.45, 7) is 12.5. The van der Waals surface area contributed by atoms with Crippen molar-refractivity contribution >= 4 is 5.96 Å². The topological polar surface area (TPSA) is 75.1 Å². The van der Waals surface area contributed by atoms with E-state index < -0.39 is 6.10 Å². The van der Waals surface area contributed by atoms with Crippen LogP contribution >= 0.6 is 0 Å². The Hall–Kier alpha value is -1.63. The van der Waals surface area contributed by atoms with Crippen LogP contribution in [0.5, 0.6) is 0 Å². The Labute approximate surface area is 170 Å². The first-order valence-electron chi connectivity index (χ1n) is 10.3. The number of ether oxygens (including phenoxy) is 2. The van der Waals surface area contributed by atoms with Gasteiger partial charge in [0.2, 0.25) is 0 Å². The summed E-state index contributed by atoms with van der Waals surface area (Å²) in [7, 11) is 1.67. The number of rotatable bonds is 12. The Bertz CT molecular complexity index is 553. The Morgan fingerprint density at radius 2 is 1.79 bits per heavy atom. The second kappa shape index (κ2) is 13.5. The van der Waals surface area contributed by atoms with Gasteiger partial charge in [-0.05, 0) is 36.3 Å². The number of nitrogens with zero attached hydrogens (tertiary/aromatic N) is 1. The average Bonchev–Trinajstić information content (AvgIpc) is 2.67. The van der Waals surface area contributed by atoms with E-state index in [-0.39, 0.29) is 5.41 Å². The van der Waals surface area contributed by atoms with Crippen LogP contribution in [0.1, 0.15) is 57.8 Å². The van der Waals surface area contributed by atoms with Crippen LogP contribution in [0.2, 0.25) is 0 Å². The third kappa shape index (κ3) is 10.1. The van der Waals surface area contributed by atoms with Crippen molar-refractivity contribution in [3.8, 4) is 0 Å². The van der Waals surface area contributed by atoms with Crippen molar-refractivity contribution in [1.29, 1.82) is 0 Å². The molecule has 0 bridgehead atoms. The van der Waals surface area contributed by atoms with Crippen LogP contribution in [-0.4, -0.2) is 57.6 Å². The predicted octanol–water partition coefficient (Wildman–Crippen LogP) is 3.02. The van der Waals surface area contributed by atoms with Gasteiger partial charge in [-0.1, -0.05) is 45.0 Å². The molecule has 1 aromatic carbocycles. The first kappa shape index (κ1) is 24.4. The molecule has 1 rings (SSSR count). The van der Waals surface area contributed by atoms with Crippen LogP contribution in [0.15, 0.2) is 29.3 Å². The molecule has 28 heavy (non-hydrogen) atoms. The number of nitrogens with one attached hydrogen (secondary N) is 2. The molecule has 0 fully saturated rings. The first-order valence-corrected chi connectivity index (χ1v) is 10.3. The fraction of sp³-hybridized carbons (Fsp3) is 0.682. The fourth-order valence-corrected chi connectivity index (χ4v) is 2.61. The number of aliphatic imine (C=N–C) groups is 1. The molecule has 0 radical (unpaired) electrons. The summed E-state index contributed by atoms with van der Waals surface area (Å²) in [6.07, 6.45) is 1.37. The molecule has 0 heterocycles. The summed E-state index contributed by atoms with van der Waals surface area (Å²) >= 11 is 0. The maximum atomic E-state index is 10.5. The Kier molecular flexibility index (Phi) is 11.8. The average molecular weight is 394 g/mol. The second-order valence-electron chi connectivity index (χ2n) is 7.85. The summed E-state index contributed by atoms with van der Waals surface area (Å²) in [5.74, 6) is 0.730. The van der Waals surface area contributed by atoms with E-state index in [0.717, 1.165) is 44.1 Å². The monoisotopic (exact) mass is 393 g/mol. The van der Waals surface area contributed by atoms with Gasteiger partial charge in [-0.2, -0.15) is 0 Å². The lowest BCUT2D eigenvalue weighted by atomic mass is 9.86. The van der Waals surface area contributed by atoms with Gasteiger partial charge >= 0.3 is 0 Å². The molecule has 1 unspecified atom stereocenters. The van der Waals surface area contributed by atoms with Gasteiger partial charge in [-0.3, -0.25) is 4.99 Å². The van der Waals surface area contributed by atoms with E-state index in [2.05, 4.69) is 48.5 Å². The van der Waals surface area contributed by atoms with Gasteiger partial charge < -0.3 is 25.2 Å². The SMILES string of the molecule is CCNC(=NCC(O)c1ccc(C(C)(C)C)cc1)NCCCCOCCOC. The number of hydrogen-bond donors (Lipinski definition) is 3. The summed E-state index contributed by atoms with van der Waals surface area (Å²) in [6, 6.07) is 8.15. The lowest BCUT2D eigenvalue weighted by Gasteiger charge is -2.20. The van der Waals surface area contributed by atoms with E-state index in [1.165, 1.54) is 5.56 Å².